The molecule has 2 nitrogen and oxygen atoms in total. The average molecular weight is 362 g/mol. The van der Waals surface area contributed by atoms with Crippen molar-refractivity contribution in [3.63, 3.8) is 0 Å². The molecule has 2 unspecified atom stereocenters. The third-order valence-electron chi connectivity index (χ3n) is 2.82. The van der Waals surface area contributed by atoms with Crippen LogP contribution in [0.5, 0.6) is 0 Å². The first kappa shape index (κ1) is 17.5. The van der Waals surface area contributed by atoms with Crippen LogP contribution in [0.15, 0.2) is 35.3 Å². The van der Waals surface area contributed by atoms with E-state index in [0.717, 1.165) is 12.0 Å². The Labute approximate surface area is 131 Å². The van der Waals surface area contributed by atoms with Gasteiger partial charge in [-0.2, -0.15) is 0 Å². The molecule has 0 saturated heterocycles. The van der Waals surface area contributed by atoms with Gasteiger partial charge in [-0.3, -0.25) is 0 Å². The van der Waals surface area contributed by atoms with Crippen LogP contribution in [0.3, 0.4) is 0 Å². The lowest BCUT2D eigenvalue weighted by atomic mass is 10.0. The highest BCUT2D eigenvalue weighted by Gasteiger charge is 2.24. The van der Waals surface area contributed by atoms with Gasteiger partial charge in [0.25, 0.3) is 0 Å². The molecule has 1 aromatic carbocycles. The van der Waals surface area contributed by atoms with Gasteiger partial charge in [0, 0.05) is 6.04 Å². The van der Waals surface area contributed by atoms with Crippen molar-refractivity contribution in [3.8, 4) is 0 Å². The van der Waals surface area contributed by atoms with E-state index in [2.05, 4.69) is 27.2 Å². The second-order valence-corrected chi connectivity index (χ2v) is 8.35. The fourth-order valence-electron chi connectivity index (χ4n) is 1.66. The first-order valence-corrected chi connectivity index (χ1v) is 8.44. The smallest absolute Gasteiger partial charge is 0.137 e. The third kappa shape index (κ3) is 4.79. The molecule has 1 rings (SSSR count). The summed E-state index contributed by atoms with van der Waals surface area (Å²) >= 11 is 3.27. The molecule has 5 heteroatoms. The molecule has 0 bridgehead atoms. The van der Waals surface area contributed by atoms with Gasteiger partial charge in [-0.1, -0.05) is 18.2 Å². The topological polar surface area (TPSA) is 29.1 Å². The molecule has 0 spiro atoms. The number of rotatable bonds is 6. The van der Waals surface area contributed by atoms with Crippen molar-refractivity contribution < 1.29 is 8.60 Å². The average Bonchev–Trinajstić information content (AvgIpc) is 2.36. The van der Waals surface area contributed by atoms with Gasteiger partial charge in [0.2, 0.25) is 0 Å². The maximum atomic E-state index is 13.7. The zero-order valence-corrected chi connectivity index (χ0v) is 14.5. The van der Waals surface area contributed by atoms with Crippen molar-refractivity contribution in [1.29, 1.82) is 0 Å². The number of nitrogens with one attached hydrogen (secondary N) is 1. The van der Waals surface area contributed by atoms with Crippen molar-refractivity contribution in [1.82, 2.24) is 4.72 Å². The van der Waals surface area contributed by atoms with Gasteiger partial charge in [0.05, 0.1) is 20.2 Å². The molecule has 0 fully saturated rings. The molecule has 0 aliphatic heterocycles. The highest BCUT2D eigenvalue weighted by atomic mass is 79.9. The van der Waals surface area contributed by atoms with E-state index in [1.807, 2.05) is 32.9 Å². The van der Waals surface area contributed by atoms with Crippen LogP contribution in [0.25, 0.3) is 0 Å². The van der Waals surface area contributed by atoms with Crippen LogP contribution in [0.4, 0.5) is 4.39 Å². The monoisotopic (exact) mass is 361 g/mol. The van der Waals surface area contributed by atoms with Crippen LogP contribution >= 0.6 is 15.9 Å². The summed E-state index contributed by atoms with van der Waals surface area (Å²) in [4.78, 5) is 0. The third-order valence-corrected chi connectivity index (χ3v) is 5.27. The zero-order chi connectivity index (χ0) is 15.3. The SMILES string of the molecule is C=CCCC(NS(=O)C(C)(C)C)c1cccc(F)c1Br. The maximum absolute atomic E-state index is 13.7. The first-order chi connectivity index (χ1) is 9.27. The zero-order valence-electron chi connectivity index (χ0n) is 12.1. The Bertz CT molecular complexity index is 499. The van der Waals surface area contributed by atoms with Gasteiger partial charge in [-0.25, -0.2) is 13.3 Å². The summed E-state index contributed by atoms with van der Waals surface area (Å²) in [6.07, 6.45) is 3.29. The second-order valence-electron chi connectivity index (χ2n) is 5.56. The molecular formula is C15H21BrFNOS. The molecule has 0 radical (unpaired) electrons. The van der Waals surface area contributed by atoms with Gasteiger partial charge < -0.3 is 0 Å². The van der Waals surface area contributed by atoms with Crippen LogP contribution in [0.2, 0.25) is 0 Å². The molecule has 20 heavy (non-hydrogen) atoms. The summed E-state index contributed by atoms with van der Waals surface area (Å²) in [5.41, 5.74) is 0.782. The number of hydrogen-bond acceptors (Lipinski definition) is 1. The number of hydrogen-bond donors (Lipinski definition) is 1. The van der Waals surface area contributed by atoms with E-state index in [0.29, 0.717) is 10.9 Å². The first-order valence-electron chi connectivity index (χ1n) is 6.50. The van der Waals surface area contributed by atoms with Crippen LogP contribution < -0.4 is 4.72 Å². The van der Waals surface area contributed by atoms with Gasteiger partial charge in [-0.15, -0.1) is 6.58 Å². The fraction of sp³-hybridized carbons (Fsp3) is 0.467. The summed E-state index contributed by atoms with van der Waals surface area (Å²) in [5, 5.41) is 0. The van der Waals surface area contributed by atoms with Crippen molar-refractivity contribution >= 4 is 26.9 Å². The van der Waals surface area contributed by atoms with E-state index in [4.69, 9.17) is 0 Å². The predicted octanol–water partition coefficient (Wildman–Crippen LogP) is 4.65. The van der Waals surface area contributed by atoms with Gasteiger partial charge in [0.1, 0.15) is 5.82 Å². The summed E-state index contributed by atoms with van der Waals surface area (Å²) in [5.74, 6) is -0.311. The van der Waals surface area contributed by atoms with Crippen molar-refractivity contribution in [3.05, 3.63) is 46.7 Å². The van der Waals surface area contributed by atoms with E-state index >= 15 is 0 Å². The minimum absolute atomic E-state index is 0.182. The fourth-order valence-corrected chi connectivity index (χ4v) is 3.06. The predicted molar refractivity (Wildman–Crippen MR) is 87.3 cm³/mol. The Kier molecular flexibility index (Phi) is 6.55. The lowest BCUT2D eigenvalue weighted by Gasteiger charge is -2.25. The molecule has 1 N–H and O–H groups in total. The molecular weight excluding hydrogens is 341 g/mol. The van der Waals surface area contributed by atoms with E-state index in [9.17, 15) is 8.60 Å². The number of halogens is 2. The van der Waals surface area contributed by atoms with Crippen LogP contribution in [-0.4, -0.2) is 8.96 Å². The van der Waals surface area contributed by atoms with E-state index < -0.39 is 11.0 Å². The number of benzene rings is 1. The van der Waals surface area contributed by atoms with E-state index in [-0.39, 0.29) is 16.6 Å². The molecule has 112 valence electrons. The Hall–Kier alpha value is -0.520. The Morgan fingerprint density at radius 2 is 2.15 bits per heavy atom. The minimum Gasteiger partial charge on any atom is -0.242 e. The highest BCUT2D eigenvalue weighted by Crippen LogP contribution is 2.30. The lowest BCUT2D eigenvalue weighted by molar-refractivity contribution is 0.563. The Morgan fingerprint density at radius 3 is 2.70 bits per heavy atom. The maximum Gasteiger partial charge on any atom is 0.137 e. The van der Waals surface area contributed by atoms with Gasteiger partial charge in [-0.05, 0) is 61.2 Å². The molecule has 0 aliphatic rings. The molecule has 1 aromatic rings. The van der Waals surface area contributed by atoms with Crippen molar-refractivity contribution in [2.24, 2.45) is 0 Å². The van der Waals surface area contributed by atoms with E-state index in [1.54, 1.807) is 6.07 Å². The summed E-state index contributed by atoms with van der Waals surface area (Å²) in [6.45, 7) is 9.42. The highest BCUT2D eigenvalue weighted by molar-refractivity contribution is 9.10. The standard InChI is InChI=1S/C15H21BrFNOS/c1-5-6-10-13(18-20(19)15(2,3)4)11-8-7-9-12(17)14(11)16/h5,7-9,13,18H,1,6,10H2,2-4H3. The van der Waals surface area contributed by atoms with Crippen LogP contribution in [-0.2, 0) is 11.0 Å². The molecule has 0 aliphatic carbocycles. The molecule has 0 aromatic heterocycles. The Morgan fingerprint density at radius 1 is 1.50 bits per heavy atom. The quantitative estimate of drug-likeness (QED) is 0.734. The second kappa shape index (κ2) is 7.48. The van der Waals surface area contributed by atoms with Gasteiger partial charge >= 0.3 is 0 Å². The van der Waals surface area contributed by atoms with Crippen molar-refractivity contribution in [2.45, 2.75) is 44.4 Å². The van der Waals surface area contributed by atoms with Crippen LogP contribution in [0.1, 0.15) is 45.2 Å². The Balaban J connectivity index is 3.03. The summed E-state index contributed by atoms with van der Waals surface area (Å²) in [6, 6.07) is 4.73. The molecule has 0 saturated carbocycles. The molecule has 0 heterocycles. The van der Waals surface area contributed by atoms with Crippen LogP contribution in [0, 0.1) is 5.82 Å². The lowest BCUT2D eigenvalue weighted by Crippen LogP contribution is -2.36. The van der Waals surface area contributed by atoms with Gasteiger partial charge in [0.15, 0.2) is 0 Å². The molecule has 2 atom stereocenters. The van der Waals surface area contributed by atoms with Crippen molar-refractivity contribution in [2.75, 3.05) is 0 Å². The normalized spacial score (nSPS) is 14.8. The molecule has 0 amide bonds. The largest absolute Gasteiger partial charge is 0.242 e. The minimum atomic E-state index is -1.21. The summed E-state index contributed by atoms with van der Waals surface area (Å²) in [7, 11) is -1.21. The summed E-state index contributed by atoms with van der Waals surface area (Å²) < 4.78 is 29.1. The number of allylic oxidation sites excluding steroid dienone is 1. The van der Waals surface area contributed by atoms with E-state index in [1.165, 1.54) is 6.07 Å².